The summed E-state index contributed by atoms with van der Waals surface area (Å²) in [5.74, 6) is 0.641. The van der Waals surface area contributed by atoms with E-state index in [1.807, 2.05) is 6.92 Å². The van der Waals surface area contributed by atoms with E-state index in [4.69, 9.17) is 14.2 Å². The predicted molar refractivity (Wildman–Crippen MR) is 89.4 cm³/mol. The Kier molecular flexibility index (Phi) is 6.46. The minimum absolute atomic E-state index is 0.248. The lowest BCUT2D eigenvalue weighted by atomic mass is 10.2. The number of amides is 1. The first-order valence-corrected chi connectivity index (χ1v) is 8.35. The zero-order valence-corrected chi connectivity index (χ0v) is 14.5. The second-order valence-corrected chi connectivity index (χ2v) is 6.22. The highest BCUT2D eigenvalue weighted by molar-refractivity contribution is 5.92. The van der Waals surface area contributed by atoms with Crippen LogP contribution in [0.3, 0.4) is 0 Å². The summed E-state index contributed by atoms with van der Waals surface area (Å²) in [6.07, 6.45) is 1.99. The molecule has 1 N–H and O–H groups in total. The van der Waals surface area contributed by atoms with Crippen molar-refractivity contribution in [3.63, 3.8) is 0 Å². The summed E-state index contributed by atoms with van der Waals surface area (Å²) in [6, 6.07) is 5.13. The van der Waals surface area contributed by atoms with Gasteiger partial charge in [-0.05, 0) is 43.9 Å². The third kappa shape index (κ3) is 5.76. The number of rotatable bonds is 9. The van der Waals surface area contributed by atoms with Gasteiger partial charge in [0.15, 0.2) is 18.1 Å². The molecule has 0 aliphatic heterocycles. The van der Waals surface area contributed by atoms with Gasteiger partial charge in [0.1, 0.15) is 0 Å². The summed E-state index contributed by atoms with van der Waals surface area (Å²) in [7, 11) is 0. The SMILES string of the molecule is CCOc1cc(C(=O)OCC(=O)NC2CC2)ccc1OCC(C)C. The largest absolute Gasteiger partial charge is 0.490 e. The van der Waals surface area contributed by atoms with E-state index in [9.17, 15) is 9.59 Å². The number of ether oxygens (including phenoxy) is 3. The Hall–Kier alpha value is -2.24. The van der Waals surface area contributed by atoms with Crippen LogP contribution in [0.5, 0.6) is 11.5 Å². The van der Waals surface area contributed by atoms with Gasteiger partial charge < -0.3 is 19.5 Å². The molecule has 1 fully saturated rings. The summed E-state index contributed by atoms with van der Waals surface area (Å²) in [4.78, 5) is 23.7. The molecule has 1 aliphatic rings. The van der Waals surface area contributed by atoms with E-state index in [0.29, 0.717) is 36.2 Å². The van der Waals surface area contributed by atoms with E-state index < -0.39 is 5.97 Å². The second kappa shape index (κ2) is 8.57. The van der Waals surface area contributed by atoms with Gasteiger partial charge in [-0.2, -0.15) is 0 Å². The Bertz CT molecular complexity index is 581. The number of carbonyl (C=O) groups is 2. The molecule has 0 saturated heterocycles. The van der Waals surface area contributed by atoms with Crippen molar-refractivity contribution in [2.75, 3.05) is 19.8 Å². The van der Waals surface area contributed by atoms with Crippen LogP contribution >= 0.6 is 0 Å². The molecule has 0 unspecified atom stereocenters. The minimum Gasteiger partial charge on any atom is -0.490 e. The molecule has 2 rings (SSSR count). The van der Waals surface area contributed by atoms with Crippen molar-refractivity contribution in [3.05, 3.63) is 23.8 Å². The third-order valence-electron chi connectivity index (χ3n) is 3.33. The fourth-order valence-electron chi connectivity index (χ4n) is 1.99. The van der Waals surface area contributed by atoms with Crippen molar-refractivity contribution >= 4 is 11.9 Å². The molecule has 0 aromatic heterocycles. The fourth-order valence-corrected chi connectivity index (χ4v) is 1.99. The van der Waals surface area contributed by atoms with Crippen LogP contribution in [-0.4, -0.2) is 37.7 Å². The molecule has 6 heteroatoms. The first kappa shape index (κ1) is 18.1. The third-order valence-corrected chi connectivity index (χ3v) is 3.33. The molecule has 1 aromatic rings. The standard InChI is InChI=1S/C18H25NO5/c1-4-22-16-9-13(5-8-15(16)23-10-12(2)3)18(21)24-11-17(20)19-14-6-7-14/h5,8-9,12,14H,4,6-7,10-11H2,1-3H3,(H,19,20). The zero-order chi connectivity index (χ0) is 17.5. The summed E-state index contributed by atoms with van der Waals surface area (Å²) in [5, 5.41) is 2.77. The van der Waals surface area contributed by atoms with E-state index in [0.717, 1.165) is 12.8 Å². The molecule has 0 heterocycles. The van der Waals surface area contributed by atoms with Gasteiger partial charge in [-0.1, -0.05) is 13.8 Å². The second-order valence-electron chi connectivity index (χ2n) is 6.22. The van der Waals surface area contributed by atoms with Crippen LogP contribution in [0, 0.1) is 5.92 Å². The van der Waals surface area contributed by atoms with Crippen molar-refractivity contribution in [1.82, 2.24) is 5.32 Å². The number of esters is 1. The molecule has 0 spiro atoms. The Morgan fingerprint density at radius 1 is 1.21 bits per heavy atom. The van der Waals surface area contributed by atoms with E-state index in [1.165, 1.54) is 0 Å². The highest BCUT2D eigenvalue weighted by Gasteiger charge is 2.23. The van der Waals surface area contributed by atoms with E-state index in [1.54, 1.807) is 18.2 Å². The van der Waals surface area contributed by atoms with E-state index in [2.05, 4.69) is 19.2 Å². The van der Waals surface area contributed by atoms with Gasteiger partial charge >= 0.3 is 5.97 Å². The van der Waals surface area contributed by atoms with E-state index >= 15 is 0 Å². The maximum absolute atomic E-state index is 12.1. The monoisotopic (exact) mass is 335 g/mol. The van der Waals surface area contributed by atoms with Crippen LogP contribution < -0.4 is 14.8 Å². The van der Waals surface area contributed by atoms with Crippen LogP contribution in [0.15, 0.2) is 18.2 Å². The van der Waals surface area contributed by atoms with Crippen molar-refractivity contribution < 1.29 is 23.8 Å². The molecule has 1 aromatic carbocycles. The highest BCUT2D eigenvalue weighted by atomic mass is 16.5. The van der Waals surface area contributed by atoms with Crippen molar-refractivity contribution in [2.24, 2.45) is 5.92 Å². The first-order chi connectivity index (χ1) is 11.5. The molecule has 6 nitrogen and oxygen atoms in total. The highest BCUT2D eigenvalue weighted by Crippen LogP contribution is 2.29. The molecule has 0 atom stereocenters. The average molecular weight is 335 g/mol. The summed E-state index contributed by atoms with van der Waals surface area (Å²) in [5.41, 5.74) is 0.328. The molecule has 24 heavy (non-hydrogen) atoms. The Labute approximate surface area is 142 Å². The predicted octanol–water partition coefficient (Wildman–Crippen LogP) is 2.56. The lowest BCUT2D eigenvalue weighted by molar-refractivity contribution is -0.124. The minimum atomic E-state index is -0.558. The molecule has 132 valence electrons. The van der Waals surface area contributed by atoms with Gasteiger partial charge in [0.2, 0.25) is 0 Å². The lowest BCUT2D eigenvalue weighted by Crippen LogP contribution is -2.30. The van der Waals surface area contributed by atoms with Crippen LogP contribution in [-0.2, 0) is 9.53 Å². The number of nitrogens with one attached hydrogen (secondary N) is 1. The summed E-state index contributed by atoms with van der Waals surface area (Å²) < 4.78 is 16.3. The van der Waals surface area contributed by atoms with Crippen LogP contribution in [0.4, 0.5) is 0 Å². The van der Waals surface area contributed by atoms with Gasteiger partial charge in [-0.25, -0.2) is 4.79 Å². The number of hydrogen-bond acceptors (Lipinski definition) is 5. The molecule has 1 aliphatic carbocycles. The number of hydrogen-bond donors (Lipinski definition) is 1. The summed E-state index contributed by atoms with van der Waals surface area (Å²) in [6.45, 7) is 6.72. The molecule has 0 bridgehead atoms. The fraction of sp³-hybridized carbons (Fsp3) is 0.556. The molecular formula is C18H25NO5. The number of benzene rings is 1. The van der Waals surface area contributed by atoms with Crippen LogP contribution in [0.25, 0.3) is 0 Å². The van der Waals surface area contributed by atoms with Crippen molar-refractivity contribution in [1.29, 1.82) is 0 Å². The molecule has 1 amide bonds. The smallest absolute Gasteiger partial charge is 0.338 e. The normalized spacial score (nSPS) is 13.5. The first-order valence-electron chi connectivity index (χ1n) is 8.35. The molecular weight excluding hydrogens is 310 g/mol. The van der Waals surface area contributed by atoms with Gasteiger partial charge in [-0.15, -0.1) is 0 Å². The van der Waals surface area contributed by atoms with Gasteiger partial charge in [0.05, 0.1) is 18.8 Å². The molecule has 1 saturated carbocycles. The van der Waals surface area contributed by atoms with Crippen LogP contribution in [0.1, 0.15) is 44.0 Å². The van der Waals surface area contributed by atoms with Crippen molar-refractivity contribution in [2.45, 2.75) is 39.7 Å². The quantitative estimate of drug-likeness (QED) is 0.702. The Balaban J connectivity index is 1.96. The summed E-state index contributed by atoms with van der Waals surface area (Å²) >= 11 is 0. The topological polar surface area (TPSA) is 73.9 Å². The number of carbonyl (C=O) groups excluding carboxylic acids is 2. The van der Waals surface area contributed by atoms with Gasteiger partial charge in [-0.3, -0.25) is 4.79 Å². The zero-order valence-electron chi connectivity index (χ0n) is 14.5. The molecule has 0 radical (unpaired) electrons. The van der Waals surface area contributed by atoms with Gasteiger partial charge in [0.25, 0.3) is 5.91 Å². The lowest BCUT2D eigenvalue weighted by Gasteiger charge is -2.14. The Morgan fingerprint density at radius 2 is 1.96 bits per heavy atom. The Morgan fingerprint density at radius 3 is 2.58 bits per heavy atom. The average Bonchev–Trinajstić information content (AvgIpc) is 3.35. The maximum atomic E-state index is 12.1. The van der Waals surface area contributed by atoms with Gasteiger partial charge in [0, 0.05) is 6.04 Å². The van der Waals surface area contributed by atoms with Crippen molar-refractivity contribution in [3.8, 4) is 11.5 Å². The van der Waals surface area contributed by atoms with Crippen LogP contribution in [0.2, 0.25) is 0 Å². The maximum Gasteiger partial charge on any atom is 0.338 e. The van der Waals surface area contributed by atoms with E-state index in [-0.39, 0.29) is 18.6 Å².